The van der Waals surface area contributed by atoms with Gasteiger partial charge >= 0.3 is 5.97 Å². The number of hydrogen-bond acceptors (Lipinski definition) is 5. The molecule has 1 aliphatic heterocycles. The Morgan fingerprint density at radius 3 is 2.29 bits per heavy atom. The summed E-state index contributed by atoms with van der Waals surface area (Å²) in [6.07, 6.45) is 2.99. The molecule has 1 aliphatic carbocycles. The van der Waals surface area contributed by atoms with Gasteiger partial charge in [0.1, 0.15) is 6.61 Å². The number of ketones is 1. The first-order valence-corrected chi connectivity index (χ1v) is 6.90. The molecule has 2 rings (SSSR count). The van der Waals surface area contributed by atoms with Crippen molar-refractivity contribution < 1.29 is 28.9 Å². The summed E-state index contributed by atoms with van der Waals surface area (Å²) in [5.41, 5.74) is -0.338. The Kier molecular flexibility index (Phi) is 3.76. The number of methoxy groups -OCH3 is 1. The number of carboxylic acid groups (broad SMARTS) is 1. The Morgan fingerprint density at radius 1 is 1.29 bits per heavy atom. The first kappa shape index (κ1) is 16.1. The number of aliphatic carboxylic acids is 1. The fourth-order valence-corrected chi connectivity index (χ4v) is 2.87. The van der Waals surface area contributed by atoms with Crippen molar-refractivity contribution in [1.29, 1.82) is 0 Å². The van der Waals surface area contributed by atoms with Gasteiger partial charge in [-0.25, -0.2) is 0 Å². The number of ether oxygens (including phenoxy) is 3. The Labute approximate surface area is 124 Å². The highest BCUT2D eigenvalue weighted by molar-refractivity contribution is 5.96. The summed E-state index contributed by atoms with van der Waals surface area (Å²) in [6, 6.07) is 0. The monoisotopic (exact) mass is 298 g/mol. The lowest BCUT2D eigenvalue weighted by Crippen LogP contribution is -2.43. The van der Waals surface area contributed by atoms with Gasteiger partial charge < -0.3 is 19.3 Å². The molecule has 0 amide bonds. The van der Waals surface area contributed by atoms with Crippen molar-refractivity contribution in [2.75, 3.05) is 13.7 Å². The molecule has 6 nitrogen and oxygen atoms in total. The molecule has 0 aromatic rings. The normalized spacial score (nSPS) is 36.8. The van der Waals surface area contributed by atoms with E-state index in [-0.39, 0.29) is 23.7 Å². The average molecular weight is 298 g/mol. The minimum atomic E-state index is -1.45. The number of carbonyl (C=O) groups excluding carboxylic acids is 1. The molecule has 3 unspecified atom stereocenters. The summed E-state index contributed by atoms with van der Waals surface area (Å²) in [6.45, 7) is 7.16. The largest absolute Gasteiger partial charge is 0.481 e. The molecule has 3 atom stereocenters. The highest BCUT2D eigenvalue weighted by Crippen LogP contribution is 2.59. The van der Waals surface area contributed by atoms with Crippen molar-refractivity contribution in [2.24, 2.45) is 17.3 Å². The molecule has 1 N–H and O–H groups in total. The average Bonchev–Trinajstić information content (AvgIpc) is 2.75. The molecule has 1 heterocycles. The second-order valence-corrected chi connectivity index (χ2v) is 6.63. The third-order valence-corrected chi connectivity index (χ3v) is 4.36. The Balaban J connectivity index is 2.08. The van der Waals surface area contributed by atoms with E-state index < -0.39 is 23.5 Å². The number of carbonyl (C=O) groups is 2. The number of carboxylic acids is 1. The van der Waals surface area contributed by atoms with Crippen molar-refractivity contribution in [3.63, 3.8) is 0 Å². The maximum absolute atomic E-state index is 12.3. The van der Waals surface area contributed by atoms with Gasteiger partial charge in [0.05, 0.1) is 5.92 Å². The highest BCUT2D eigenvalue weighted by Gasteiger charge is 2.61. The lowest BCUT2D eigenvalue weighted by molar-refractivity contribution is -0.232. The summed E-state index contributed by atoms with van der Waals surface area (Å²) < 4.78 is 16.2. The molecule has 1 saturated carbocycles. The number of hydrogen-bond donors (Lipinski definition) is 1. The van der Waals surface area contributed by atoms with Crippen LogP contribution in [0.2, 0.25) is 0 Å². The Morgan fingerprint density at radius 2 is 1.90 bits per heavy atom. The lowest BCUT2D eigenvalue weighted by atomic mass is 10.1. The maximum Gasteiger partial charge on any atom is 0.307 e. The Bertz CT molecular complexity index is 492. The van der Waals surface area contributed by atoms with E-state index in [1.165, 1.54) is 13.2 Å². The van der Waals surface area contributed by atoms with E-state index in [2.05, 4.69) is 0 Å². The van der Waals surface area contributed by atoms with Crippen molar-refractivity contribution in [3.8, 4) is 0 Å². The van der Waals surface area contributed by atoms with Gasteiger partial charge in [0.25, 0.3) is 5.79 Å². The molecule has 0 bridgehead atoms. The van der Waals surface area contributed by atoms with E-state index in [4.69, 9.17) is 19.3 Å². The van der Waals surface area contributed by atoms with Crippen LogP contribution in [0.1, 0.15) is 27.7 Å². The van der Waals surface area contributed by atoms with E-state index in [1.807, 2.05) is 13.8 Å². The van der Waals surface area contributed by atoms with Crippen LogP contribution in [0.25, 0.3) is 0 Å². The quantitative estimate of drug-likeness (QED) is 0.776. The van der Waals surface area contributed by atoms with Gasteiger partial charge in [-0.1, -0.05) is 19.9 Å². The van der Waals surface area contributed by atoms with Crippen LogP contribution in [0.4, 0.5) is 0 Å². The van der Waals surface area contributed by atoms with Crippen LogP contribution in [-0.4, -0.2) is 42.1 Å². The van der Waals surface area contributed by atoms with Crippen LogP contribution in [0.15, 0.2) is 12.2 Å². The molecule has 6 heteroatoms. The minimum absolute atomic E-state index is 0.0100. The molecule has 21 heavy (non-hydrogen) atoms. The van der Waals surface area contributed by atoms with Gasteiger partial charge in [-0.3, -0.25) is 9.59 Å². The Hall–Kier alpha value is -1.24. The highest BCUT2D eigenvalue weighted by atomic mass is 16.8. The molecule has 2 fully saturated rings. The van der Waals surface area contributed by atoms with E-state index in [0.717, 1.165) is 0 Å². The van der Waals surface area contributed by atoms with Gasteiger partial charge in [-0.05, 0) is 31.3 Å². The van der Waals surface area contributed by atoms with Gasteiger partial charge in [0.2, 0.25) is 5.78 Å². The second-order valence-electron chi connectivity index (χ2n) is 6.63. The molecular formula is C15H22O6. The number of rotatable bonds is 5. The van der Waals surface area contributed by atoms with Gasteiger partial charge in [-0.15, -0.1) is 0 Å². The van der Waals surface area contributed by atoms with E-state index in [0.29, 0.717) is 0 Å². The predicted molar refractivity (Wildman–Crippen MR) is 73.4 cm³/mol. The SMILES string of the molecule is COC1(C(=O)/C=C\C2C(C(=O)O)C2(C)C)COC(C)(C)O1. The van der Waals surface area contributed by atoms with Gasteiger partial charge in [0, 0.05) is 7.11 Å². The number of allylic oxidation sites excluding steroid dienone is 1. The predicted octanol–water partition coefficient (Wildman–Crippen LogP) is 1.59. The molecule has 1 saturated heterocycles. The fourth-order valence-electron chi connectivity index (χ4n) is 2.87. The van der Waals surface area contributed by atoms with E-state index in [1.54, 1.807) is 19.9 Å². The minimum Gasteiger partial charge on any atom is -0.481 e. The van der Waals surface area contributed by atoms with Crippen LogP contribution in [0, 0.1) is 17.3 Å². The zero-order chi connectivity index (χ0) is 16.1. The summed E-state index contributed by atoms with van der Waals surface area (Å²) in [7, 11) is 1.39. The first-order valence-electron chi connectivity index (χ1n) is 6.90. The third kappa shape index (κ3) is 2.75. The van der Waals surface area contributed by atoms with Crippen LogP contribution >= 0.6 is 0 Å². The van der Waals surface area contributed by atoms with Crippen molar-refractivity contribution in [1.82, 2.24) is 0 Å². The van der Waals surface area contributed by atoms with Crippen molar-refractivity contribution in [2.45, 2.75) is 39.3 Å². The van der Waals surface area contributed by atoms with E-state index in [9.17, 15) is 9.59 Å². The zero-order valence-corrected chi connectivity index (χ0v) is 13.0. The molecule has 0 radical (unpaired) electrons. The molecule has 0 aromatic carbocycles. The fraction of sp³-hybridized carbons (Fsp3) is 0.733. The first-order chi connectivity index (χ1) is 9.56. The van der Waals surface area contributed by atoms with Crippen molar-refractivity contribution in [3.05, 3.63) is 12.2 Å². The van der Waals surface area contributed by atoms with Gasteiger partial charge in [-0.2, -0.15) is 0 Å². The summed E-state index contributed by atoms with van der Waals surface area (Å²) in [5.74, 6) is -4.17. The van der Waals surface area contributed by atoms with Crippen LogP contribution in [-0.2, 0) is 23.8 Å². The second kappa shape index (κ2) is 4.90. The van der Waals surface area contributed by atoms with Crippen LogP contribution < -0.4 is 0 Å². The van der Waals surface area contributed by atoms with Crippen LogP contribution in [0.3, 0.4) is 0 Å². The van der Waals surface area contributed by atoms with E-state index >= 15 is 0 Å². The van der Waals surface area contributed by atoms with Crippen LogP contribution in [0.5, 0.6) is 0 Å². The molecule has 118 valence electrons. The molecule has 2 aliphatic rings. The summed E-state index contributed by atoms with van der Waals surface area (Å²) >= 11 is 0. The topological polar surface area (TPSA) is 82.1 Å². The summed E-state index contributed by atoms with van der Waals surface area (Å²) in [4.78, 5) is 23.4. The van der Waals surface area contributed by atoms with Gasteiger partial charge in [0.15, 0.2) is 5.79 Å². The summed E-state index contributed by atoms with van der Waals surface area (Å²) in [5, 5.41) is 9.11. The smallest absolute Gasteiger partial charge is 0.307 e. The third-order valence-electron chi connectivity index (χ3n) is 4.36. The standard InChI is InChI=1S/C15H22O6/c1-13(2)9(11(13)12(17)18)6-7-10(16)15(19-5)8-20-14(3,4)21-15/h6-7,9,11H,8H2,1-5H3,(H,17,18)/b7-6-. The molecular weight excluding hydrogens is 276 g/mol. The zero-order valence-electron chi connectivity index (χ0n) is 13.0. The molecule has 0 spiro atoms. The lowest BCUT2D eigenvalue weighted by Gasteiger charge is -2.24. The van der Waals surface area contributed by atoms with Crippen molar-refractivity contribution >= 4 is 11.8 Å². The maximum atomic E-state index is 12.3. The molecule has 0 aromatic heterocycles.